The molecular formula is C16H15NO. The van der Waals surface area contributed by atoms with E-state index in [1.807, 2.05) is 30.3 Å². The van der Waals surface area contributed by atoms with Gasteiger partial charge in [0.05, 0.1) is 5.41 Å². The lowest BCUT2D eigenvalue weighted by atomic mass is 9.85. The molecule has 6 unspecified atom stereocenters. The highest BCUT2D eigenvalue weighted by atomic mass is 16.1. The van der Waals surface area contributed by atoms with Crippen molar-refractivity contribution in [2.75, 3.05) is 0 Å². The molecule has 0 aliphatic heterocycles. The van der Waals surface area contributed by atoms with Gasteiger partial charge >= 0.3 is 0 Å². The number of Topliss-reactive ketones (excluding diaryl/α,β-unsaturated/α-hetero) is 1. The smallest absolute Gasteiger partial charge is 0.171 e. The highest BCUT2D eigenvalue weighted by molar-refractivity contribution is 6.06. The average molecular weight is 237 g/mol. The molecule has 0 spiro atoms. The fraction of sp³-hybridized carbons (Fsp3) is 0.562. The third-order valence-corrected chi connectivity index (χ3v) is 7.23. The van der Waals surface area contributed by atoms with Crippen LogP contribution in [0.4, 0.5) is 0 Å². The normalized spacial score (nSPS) is 63.2. The van der Waals surface area contributed by atoms with Crippen LogP contribution in [-0.2, 0) is 0 Å². The minimum Gasteiger partial charge on any atom is -0.324 e. The van der Waals surface area contributed by atoms with Crippen LogP contribution in [0.5, 0.6) is 0 Å². The molecule has 2 bridgehead atoms. The Balaban J connectivity index is 1.55. The average Bonchev–Trinajstić information content (AvgIpc) is 3.11. The predicted molar refractivity (Wildman–Crippen MR) is 65.7 cm³/mol. The van der Waals surface area contributed by atoms with Crippen LogP contribution < -0.4 is 5.73 Å². The second-order valence-corrected chi connectivity index (χ2v) is 7.16. The fourth-order valence-electron chi connectivity index (χ4n) is 7.16. The summed E-state index contributed by atoms with van der Waals surface area (Å²) in [6, 6.07) is 9.84. The molecule has 6 saturated carbocycles. The van der Waals surface area contributed by atoms with Crippen LogP contribution in [0.15, 0.2) is 30.3 Å². The van der Waals surface area contributed by atoms with Crippen molar-refractivity contribution in [1.29, 1.82) is 0 Å². The van der Waals surface area contributed by atoms with Crippen LogP contribution in [0, 0.1) is 40.9 Å². The van der Waals surface area contributed by atoms with Gasteiger partial charge in [0.15, 0.2) is 5.78 Å². The molecule has 0 aromatic heterocycles. The summed E-state index contributed by atoms with van der Waals surface area (Å²) in [7, 11) is 0. The van der Waals surface area contributed by atoms with Crippen molar-refractivity contribution in [2.45, 2.75) is 12.0 Å². The molecule has 7 rings (SSSR count). The van der Waals surface area contributed by atoms with E-state index in [2.05, 4.69) is 0 Å². The number of benzene rings is 1. The molecule has 2 nitrogen and oxygen atoms in total. The number of nitrogens with two attached hydrogens (primary N) is 1. The SMILES string of the molecule is NC12C3C4CC(C31)C1C4C12C(=O)c1ccccc1. The van der Waals surface area contributed by atoms with Crippen LogP contribution in [-0.4, -0.2) is 11.3 Å². The molecule has 2 N–H and O–H groups in total. The van der Waals surface area contributed by atoms with Crippen molar-refractivity contribution in [1.82, 2.24) is 0 Å². The lowest BCUT2D eigenvalue weighted by Crippen LogP contribution is -2.41. The van der Waals surface area contributed by atoms with Gasteiger partial charge in [0.2, 0.25) is 0 Å². The lowest BCUT2D eigenvalue weighted by molar-refractivity contribution is 0.0856. The fourth-order valence-corrected chi connectivity index (χ4v) is 7.16. The Kier molecular flexibility index (Phi) is 1.03. The molecule has 0 heterocycles. The summed E-state index contributed by atoms with van der Waals surface area (Å²) in [5.74, 6) is 4.74. The second kappa shape index (κ2) is 2.09. The molecule has 90 valence electrons. The standard InChI is InChI=1S/C16H15NO/c17-16-12-8-6-9(13(12)16)11-10(8)15(11,16)14(18)7-4-2-1-3-5-7/h1-5,8-13H,6,17H2. The van der Waals surface area contributed by atoms with Crippen molar-refractivity contribution in [2.24, 2.45) is 46.7 Å². The van der Waals surface area contributed by atoms with Gasteiger partial charge in [0.1, 0.15) is 0 Å². The Bertz CT molecular complexity index is 595. The zero-order valence-electron chi connectivity index (χ0n) is 10.0. The van der Waals surface area contributed by atoms with Gasteiger partial charge in [-0.15, -0.1) is 0 Å². The third kappa shape index (κ3) is 0.522. The van der Waals surface area contributed by atoms with Gasteiger partial charge in [0, 0.05) is 11.1 Å². The molecule has 1 aromatic rings. The van der Waals surface area contributed by atoms with Gasteiger partial charge in [-0.2, -0.15) is 0 Å². The predicted octanol–water partition coefficient (Wildman–Crippen LogP) is 1.71. The van der Waals surface area contributed by atoms with E-state index in [1.54, 1.807) is 0 Å². The molecule has 18 heavy (non-hydrogen) atoms. The summed E-state index contributed by atoms with van der Waals surface area (Å²) in [4.78, 5) is 13.0. The van der Waals surface area contributed by atoms with Crippen molar-refractivity contribution in [3.8, 4) is 0 Å². The quantitative estimate of drug-likeness (QED) is 0.796. The minimum atomic E-state index is -0.114. The molecule has 1 aromatic carbocycles. The molecule has 6 fully saturated rings. The van der Waals surface area contributed by atoms with Gasteiger partial charge in [-0.1, -0.05) is 30.3 Å². The zero-order valence-corrected chi connectivity index (χ0v) is 10.0. The maximum Gasteiger partial charge on any atom is 0.171 e. The first-order chi connectivity index (χ1) is 8.74. The largest absolute Gasteiger partial charge is 0.324 e. The summed E-state index contributed by atoms with van der Waals surface area (Å²) >= 11 is 0. The summed E-state index contributed by atoms with van der Waals surface area (Å²) < 4.78 is 0. The van der Waals surface area contributed by atoms with Gasteiger partial charge in [-0.3, -0.25) is 4.79 Å². The Morgan fingerprint density at radius 2 is 1.67 bits per heavy atom. The van der Waals surface area contributed by atoms with Crippen molar-refractivity contribution in [3.63, 3.8) is 0 Å². The van der Waals surface area contributed by atoms with Gasteiger partial charge in [-0.25, -0.2) is 0 Å². The van der Waals surface area contributed by atoms with Crippen LogP contribution in [0.2, 0.25) is 0 Å². The first kappa shape index (κ1) is 8.87. The highest BCUT2D eigenvalue weighted by Crippen LogP contribution is 3.00. The zero-order chi connectivity index (χ0) is 11.9. The monoisotopic (exact) mass is 237 g/mol. The van der Waals surface area contributed by atoms with E-state index >= 15 is 0 Å². The van der Waals surface area contributed by atoms with Crippen LogP contribution in [0.25, 0.3) is 0 Å². The molecule has 0 radical (unpaired) electrons. The molecular weight excluding hydrogens is 222 g/mol. The Labute approximate surface area is 106 Å². The summed E-state index contributed by atoms with van der Waals surface area (Å²) in [5, 5.41) is 0. The summed E-state index contributed by atoms with van der Waals surface area (Å²) in [6.45, 7) is 0. The Hall–Kier alpha value is -1.15. The molecule has 0 saturated heterocycles. The number of rotatable bonds is 2. The van der Waals surface area contributed by atoms with E-state index in [0.717, 1.165) is 17.4 Å². The number of hydrogen-bond donors (Lipinski definition) is 1. The Morgan fingerprint density at radius 1 is 1.06 bits per heavy atom. The summed E-state index contributed by atoms with van der Waals surface area (Å²) in [5.41, 5.74) is 7.39. The minimum absolute atomic E-state index is 0.0805. The maximum absolute atomic E-state index is 13.0. The van der Waals surface area contributed by atoms with Crippen LogP contribution in [0.3, 0.4) is 0 Å². The number of ketones is 1. The van der Waals surface area contributed by atoms with E-state index in [4.69, 9.17) is 5.73 Å². The number of carbonyl (C=O) groups excluding carboxylic acids is 1. The van der Waals surface area contributed by atoms with Crippen LogP contribution in [0.1, 0.15) is 16.8 Å². The summed E-state index contributed by atoms with van der Waals surface area (Å²) in [6.07, 6.45) is 1.38. The highest BCUT2D eigenvalue weighted by Gasteiger charge is 3.05. The van der Waals surface area contributed by atoms with Crippen molar-refractivity contribution < 1.29 is 4.79 Å². The lowest BCUT2D eigenvalue weighted by Gasteiger charge is -2.20. The first-order valence-electron chi connectivity index (χ1n) is 7.12. The molecule has 6 aliphatic rings. The second-order valence-electron chi connectivity index (χ2n) is 7.16. The van der Waals surface area contributed by atoms with Gasteiger partial charge in [0.25, 0.3) is 0 Å². The number of carbonyl (C=O) groups is 1. The van der Waals surface area contributed by atoms with E-state index < -0.39 is 0 Å². The topological polar surface area (TPSA) is 43.1 Å². The molecule has 6 atom stereocenters. The van der Waals surface area contributed by atoms with Gasteiger partial charge < -0.3 is 5.73 Å². The third-order valence-electron chi connectivity index (χ3n) is 7.23. The van der Waals surface area contributed by atoms with E-state index in [-0.39, 0.29) is 11.0 Å². The first-order valence-corrected chi connectivity index (χ1v) is 7.12. The van der Waals surface area contributed by atoms with Crippen molar-refractivity contribution in [3.05, 3.63) is 35.9 Å². The van der Waals surface area contributed by atoms with E-state index in [9.17, 15) is 4.79 Å². The Morgan fingerprint density at radius 3 is 2.17 bits per heavy atom. The molecule has 0 amide bonds. The van der Waals surface area contributed by atoms with E-state index in [1.165, 1.54) is 6.42 Å². The number of hydrogen-bond acceptors (Lipinski definition) is 2. The molecule has 2 heteroatoms. The molecule has 6 aliphatic carbocycles. The van der Waals surface area contributed by atoms with Crippen molar-refractivity contribution >= 4 is 5.78 Å². The van der Waals surface area contributed by atoms with Crippen LogP contribution >= 0.6 is 0 Å². The van der Waals surface area contributed by atoms with Gasteiger partial charge in [-0.05, 0) is 41.9 Å². The maximum atomic E-state index is 13.0. The van der Waals surface area contributed by atoms with E-state index in [0.29, 0.717) is 29.5 Å².